The van der Waals surface area contributed by atoms with E-state index in [-0.39, 0.29) is 5.91 Å². The maximum Gasteiger partial charge on any atom is 0.241 e. The number of nitriles is 1. The van der Waals surface area contributed by atoms with Crippen LogP contribution in [0.15, 0.2) is 48.5 Å². The van der Waals surface area contributed by atoms with Crippen molar-refractivity contribution in [2.75, 3.05) is 39.0 Å². The Balaban J connectivity index is 1.31. The van der Waals surface area contributed by atoms with Crippen molar-refractivity contribution in [3.05, 3.63) is 59.7 Å². The summed E-state index contributed by atoms with van der Waals surface area (Å²) >= 11 is 1.88. The second-order valence-electron chi connectivity index (χ2n) is 10.7. The first-order valence-electron chi connectivity index (χ1n) is 13.6. The Morgan fingerprint density at radius 1 is 1.11 bits per heavy atom. The SMILES string of the molecule is CCSC1CCCC(N)(C(=O)NC(C#N)Cc2ccc(-c3ccc(CN4CCN(C)CC4)cc3)cc2)C1. The molecule has 0 aromatic heterocycles. The molecule has 198 valence electrons. The molecule has 4 rings (SSSR count). The van der Waals surface area contributed by atoms with Gasteiger partial charge in [-0.25, -0.2) is 0 Å². The van der Waals surface area contributed by atoms with Crippen molar-refractivity contribution in [2.45, 2.75) is 62.4 Å². The second-order valence-corrected chi connectivity index (χ2v) is 12.2. The number of hydrogen-bond donors (Lipinski definition) is 2. The molecule has 0 spiro atoms. The molecule has 1 saturated carbocycles. The molecular formula is C30H41N5OS. The zero-order chi connectivity index (χ0) is 26.3. The number of thioether (sulfide) groups is 1. The highest BCUT2D eigenvalue weighted by Gasteiger charge is 2.40. The molecule has 1 aliphatic heterocycles. The standard InChI is InChI=1S/C30H41N5OS/c1-3-37-28-5-4-14-30(32,20-28)29(36)33-27(21-31)19-23-6-10-25(11-7-23)26-12-8-24(9-13-26)22-35-17-15-34(2)16-18-35/h6-13,27-28H,3-5,14-20,22,32H2,1-2H3,(H,33,36). The minimum absolute atomic E-state index is 0.186. The molecule has 1 aliphatic carbocycles. The third-order valence-corrected chi connectivity index (χ3v) is 8.95. The van der Waals surface area contributed by atoms with E-state index in [1.807, 2.05) is 11.8 Å². The fourth-order valence-corrected chi connectivity index (χ4v) is 6.63. The highest BCUT2D eigenvalue weighted by molar-refractivity contribution is 7.99. The predicted octanol–water partition coefficient (Wildman–Crippen LogP) is 4.05. The molecule has 0 bridgehead atoms. The van der Waals surface area contributed by atoms with Gasteiger partial charge in [0.15, 0.2) is 0 Å². The van der Waals surface area contributed by atoms with Gasteiger partial charge < -0.3 is 16.0 Å². The van der Waals surface area contributed by atoms with Crippen molar-refractivity contribution in [1.82, 2.24) is 15.1 Å². The molecule has 37 heavy (non-hydrogen) atoms. The Morgan fingerprint density at radius 2 is 1.73 bits per heavy atom. The number of rotatable bonds is 9. The molecule has 1 saturated heterocycles. The van der Waals surface area contributed by atoms with Crippen molar-refractivity contribution in [3.63, 3.8) is 0 Å². The number of nitrogens with two attached hydrogens (primary N) is 1. The molecular weight excluding hydrogens is 478 g/mol. The fourth-order valence-electron chi connectivity index (χ4n) is 5.41. The van der Waals surface area contributed by atoms with E-state index in [4.69, 9.17) is 5.73 Å². The lowest BCUT2D eigenvalue weighted by Crippen LogP contribution is -2.58. The van der Waals surface area contributed by atoms with E-state index in [1.54, 1.807) is 0 Å². The molecule has 3 atom stereocenters. The zero-order valence-corrected chi connectivity index (χ0v) is 23.1. The van der Waals surface area contributed by atoms with Crippen LogP contribution in [0.1, 0.15) is 43.7 Å². The summed E-state index contributed by atoms with van der Waals surface area (Å²) in [6, 6.07) is 18.8. The van der Waals surface area contributed by atoms with E-state index in [9.17, 15) is 10.1 Å². The molecule has 0 radical (unpaired) electrons. The normalized spacial score (nSPS) is 23.8. The zero-order valence-electron chi connectivity index (χ0n) is 22.3. The lowest BCUT2D eigenvalue weighted by atomic mass is 9.81. The van der Waals surface area contributed by atoms with Crippen LogP contribution in [0.25, 0.3) is 11.1 Å². The molecule has 2 fully saturated rings. The molecule has 3 unspecified atom stereocenters. The monoisotopic (exact) mass is 519 g/mol. The van der Waals surface area contributed by atoms with Crippen LogP contribution < -0.4 is 11.1 Å². The van der Waals surface area contributed by atoms with Crippen LogP contribution in [0.2, 0.25) is 0 Å². The predicted molar refractivity (Wildman–Crippen MR) is 153 cm³/mol. The van der Waals surface area contributed by atoms with Gasteiger partial charge in [0.1, 0.15) is 6.04 Å². The first kappa shape index (κ1) is 27.7. The Bertz CT molecular complexity index is 1060. The fraction of sp³-hybridized carbons (Fsp3) is 0.533. The molecule has 7 heteroatoms. The first-order valence-corrected chi connectivity index (χ1v) is 14.6. The van der Waals surface area contributed by atoms with Gasteiger partial charge >= 0.3 is 0 Å². The average molecular weight is 520 g/mol. The molecule has 1 amide bonds. The Labute approximate surface area is 226 Å². The first-order chi connectivity index (χ1) is 17.9. The number of hydrogen-bond acceptors (Lipinski definition) is 6. The van der Waals surface area contributed by atoms with E-state index < -0.39 is 11.6 Å². The summed E-state index contributed by atoms with van der Waals surface area (Å²) in [6.07, 6.45) is 3.89. The summed E-state index contributed by atoms with van der Waals surface area (Å²) in [5, 5.41) is 13.1. The number of nitrogens with zero attached hydrogens (tertiary/aromatic N) is 3. The maximum absolute atomic E-state index is 13.0. The third kappa shape index (κ3) is 7.58. The summed E-state index contributed by atoms with van der Waals surface area (Å²) in [5.41, 5.74) is 10.4. The third-order valence-electron chi connectivity index (χ3n) is 7.74. The molecule has 3 N–H and O–H groups in total. The number of piperazine rings is 1. The van der Waals surface area contributed by atoms with E-state index in [0.29, 0.717) is 24.5 Å². The summed E-state index contributed by atoms with van der Waals surface area (Å²) in [4.78, 5) is 17.9. The molecule has 2 aromatic rings. The minimum atomic E-state index is -0.874. The van der Waals surface area contributed by atoms with Gasteiger partial charge in [-0.1, -0.05) is 55.5 Å². The van der Waals surface area contributed by atoms with Crippen LogP contribution in [0.5, 0.6) is 0 Å². The topological polar surface area (TPSA) is 85.4 Å². The smallest absolute Gasteiger partial charge is 0.241 e. The summed E-state index contributed by atoms with van der Waals surface area (Å²) in [6.45, 7) is 7.64. The van der Waals surface area contributed by atoms with E-state index >= 15 is 0 Å². The van der Waals surface area contributed by atoms with Gasteiger partial charge in [0.05, 0.1) is 11.6 Å². The van der Waals surface area contributed by atoms with Gasteiger partial charge in [0.25, 0.3) is 0 Å². The van der Waals surface area contributed by atoms with Crippen LogP contribution in [0.4, 0.5) is 0 Å². The highest BCUT2D eigenvalue weighted by Crippen LogP contribution is 2.34. The molecule has 2 aromatic carbocycles. The number of benzene rings is 2. The van der Waals surface area contributed by atoms with Crippen molar-refractivity contribution in [3.8, 4) is 17.2 Å². The maximum atomic E-state index is 13.0. The second kappa shape index (κ2) is 12.9. The summed E-state index contributed by atoms with van der Waals surface area (Å²) in [5.74, 6) is 0.841. The van der Waals surface area contributed by atoms with Gasteiger partial charge in [-0.15, -0.1) is 0 Å². The average Bonchev–Trinajstić information content (AvgIpc) is 2.91. The number of carbonyl (C=O) groups excluding carboxylic acids is 1. The Hall–Kier alpha value is -2.37. The van der Waals surface area contributed by atoms with Crippen molar-refractivity contribution in [2.24, 2.45) is 5.73 Å². The van der Waals surface area contributed by atoms with Crippen LogP contribution in [0.3, 0.4) is 0 Å². The quantitative estimate of drug-likeness (QED) is 0.520. The van der Waals surface area contributed by atoms with E-state index in [2.05, 4.69) is 83.7 Å². The van der Waals surface area contributed by atoms with E-state index in [0.717, 1.165) is 62.4 Å². The van der Waals surface area contributed by atoms with Crippen LogP contribution in [-0.4, -0.2) is 71.5 Å². The largest absolute Gasteiger partial charge is 0.338 e. The van der Waals surface area contributed by atoms with E-state index in [1.165, 1.54) is 11.1 Å². The van der Waals surface area contributed by atoms with Crippen LogP contribution in [0, 0.1) is 11.3 Å². The Morgan fingerprint density at radius 3 is 2.32 bits per heavy atom. The lowest BCUT2D eigenvalue weighted by Gasteiger charge is -2.36. The van der Waals surface area contributed by atoms with Gasteiger partial charge in [0.2, 0.25) is 5.91 Å². The molecule has 6 nitrogen and oxygen atoms in total. The molecule has 2 aliphatic rings. The number of amides is 1. The van der Waals surface area contributed by atoms with Gasteiger partial charge in [0, 0.05) is 44.4 Å². The summed E-state index contributed by atoms with van der Waals surface area (Å²) in [7, 11) is 2.18. The number of carbonyl (C=O) groups is 1. The Kier molecular flexibility index (Phi) is 9.66. The highest BCUT2D eigenvalue weighted by atomic mass is 32.2. The van der Waals surface area contributed by atoms with Gasteiger partial charge in [-0.05, 0) is 60.7 Å². The van der Waals surface area contributed by atoms with Crippen molar-refractivity contribution >= 4 is 17.7 Å². The minimum Gasteiger partial charge on any atom is -0.338 e. The van der Waals surface area contributed by atoms with Crippen molar-refractivity contribution < 1.29 is 4.79 Å². The van der Waals surface area contributed by atoms with Gasteiger partial charge in [-0.3, -0.25) is 9.69 Å². The van der Waals surface area contributed by atoms with Crippen LogP contribution >= 0.6 is 11.8 Å². The number of likely N-dealkylation sites (N-methyl/N-ethyl adjacent to an activating group) is 1. The molecule has 1 heterocycles. The van der Waals surface area contributed by atoms with Crippen molar-refractivity contribution in [1.29, 1.82) is 5.26 Å². The van der Waals surface area contributed by atoms with Gasteiger partial charge in [-0.2, -0.15) is 17.0 Å². The summed E-state index contributed by atoms with van der Waals surface area (Å²) < 4.78 is 0. The van der Waals surface area contributed by atoms with Crippen LogP contribution in [-0.2, 0) is 17.8 Å². The lowest BCUT2D eigenvalue weighted by molar-refractivity contribution is -0.127. The number of nitrogens with one attached hydrogen (secondary N) is 1.